The number of halogens is 3. The van der Waals surface area contributed by atoms with E-state index in [2.05, 4.69) is 0 Å². The summed E-state index contributed by atoms with van der Waals surface area (Å²) in [6, 6.07) is 7.68. The molecule has 1 saturated heterocycles. The molecule has 2 aliphatic rings. The predicted octanol–water partition coefficient (Wildman–Crippen LogP) is 2.49. The minimum absolute atomic E-state index is 0.0911. The van der Waals surface area contributed by atoms with Crippen molar-refractivity contribution in [2.45, 2.75) is 56.2 Å². The van der Waals surface area contributed by atoms with Crippen LogP contribution >= 0.6 is 11.6 Å². The lowest BCUT2D eigenvalue weighted by Gasteiger charge is -2.40. The van der Waals surface area contributed by atoms with Gasteiger partial charge in [-0.25, -0.2) is 8.78 Å². The van der Waals surface area contributed by atoms with Crippen molar-refractivity contribution in [1.29, 1.82) is 0 Å². The van der Waals surface area contributed by atoms with Gasteiger partial charge in [0.15, 0.2) is 0 Å². The quantitative estimate of drug-likeness (QED) is 0.536. The molecule has 9 heteroatoms. The molecule has 0 saturated carbocycles. The number of aliphatic hydroxyl groups is 4. The third kappa shape index (κ3) is 4.23. The van der Waals surface area contributed by atoms with Crippen molar-refractivity contribution in [3.8, 4) is 5.75 Å². The molecule has 4 rings (SSSR count). The molecule has 174 valence electrons. The SMILES string of the molecule is CC(F)(F)c1ccc(Cc2cc(C3O[C@H](CO)[C@@H](O)[C@H](O)C3O)c3c(c2Cl)OCC3)cc1. The van der Waals surface area contributed by atoms with Gasteiger partial charge < -0.3 is 29.9 Å². The summed E-state index contributed by atoms with van der Waals surface area (Å²) < 4.78 is 38.5. The Morgan fingerprint density at radius 1 is 1.09 bits per heavy atom. The monoisotopic (exact) mass is 470 g/mol. The molecular weight excluding hydrogens is 446 g/mol. The molecular formula is C23H25ClF2O6. The fourth-order valence-corrected chi connectivity index (χ4v) is 4.58. The number of benzene rings is 2. The summed E-state index contributed by atoms with van der Waals surface area (Å²) in [5.41, 5.74) is 2.56. The fraction of sp³-hybridized carbons (Fsp3) is 0.478. The van der Waals surface area contributed by atoms with Crippen molar-refractivity contribution >= 4 is 11.6 Å². The number of aliphatic hydroxyl groups excluding tert-OH is 4. The van der Waals surface area contributed by atoms with E-state index in [4.69, 9.17) is 21.1 Å². The van der Waals surface area contributed by atoms with Gasteiger partial charge in [-0.15, -0.1) is 0 Å². The van der Waals surface area contributed by atoms with Crippen LogP contribution in [0, 0.1) is 0 Å². The molecule has 0 spiro atoms. The minimum atomic E-state index is -2.94. The first kappa shape index (κ1) is 23.4. The molecule has 4 N–H and O–H groups in total. The number of rotatable bonds is 5. The van der Waals surface area contributed by atoms with Crippen LogP contribution in [0.2, 0.25) is 5.02 Å². The van der Waals surface area contributed by atoms with Crippen LogP contribution in [-0.2, 0) is 23.5 Å². The molecule has 0 aliphatic carbocycles. The molecule has 0 aromatic heterocycles. The van der Waals surface area contributed by atoms with Crippen molar-refractivity contribution in [2.24, 2.45) is 0 Å². The maximum Gasteiger partial charge on any atom is 0.270 e. The van der Waals surface area contributed by atoms with Gasteiger partial charge in [0.2, 0.25) is 0 Å². The van der Waals surface area contributed by atoms with Crippen LogP contribution in [0.1, 0.15) is 40.8 Å². The number of alkyl halides is 2. The molecule has 0 bridgehead atoms. The van der Waals surface area contributed by atoms with E-state index >= 15 is 0 Å². The number of hydrogen-bond acceptors (Lipinski definition) is 6. The summed E-state index contributed by atoms with van der Waals surface area (Å²) in [4.78, 5) is 0. The van der Waals surface area contributed by atoms with Crippen molar-refractivity contribution in [3.63, 3.8) is 0 Å². The molecule has 1 fully saturated rings. The second-order valence-corrected chi connectivity index (χ2v) is 8.73. The standard InChI is InChI=1S/C23H25ClF2O6/c1-23(25,26)13-4-2-11(3-5-13)8-12-9-15(14-6-7-31-21(14)17(12)24)22-20(30)19(29)18(28)16(10-27)32-22/h2-5,9,16,18-20,22,27-30H,6-8,10H2,1H3/t16-,18-,19+,20?,22?/m1/s1. The molecule has 2 aromatic rings. The fourth-order valence-electron chi connectivity index (χ4n) is 4.29. The van der Waals surface area contributed by atoms with Crippen LogP contribution in [0.5, 0.6) is 5.75 Å². The first-order chi connectivity index (χ1) is 15.1. The average molecular weight is 471 g/mol. The summed E-state index contributed by atoms with van der Waals surface area (Å²) in [6.45, 7) is 0.682. The second-order valence-electron chi connectivity index (χ2n) is 8.36. The maximum atomic E-state index is 13.5. The molecule has 6 nitrogen and oxygen atoms in total. The van der Waals surface area contributed by atoms with E-state index in [1.807, 2.05) is 0 Å². The van der Waals surface area contributed by atoms with Gasteiger partial charge >= 0.3 is 0 Å². The van der Waals surface area contributed by atoms with Gasteiger partial charge in [0, 0.05) is 24.5 Å². The Bertz CT molecular complexity index is 976. The maximum absolute atomic E-state index is 13.5. The Kier molecular flexibility index (Phi) is 6.46. The molecule has 5 atom stereocenters. The summed E-state index contributed by atoms with van der Waals surface area (Å²) in [6.07, 6.45) is -5.63. The molecule has 0 radical (unpaired) electrons. The number of ether oxygens (including phenoxy) is 2. The summed E-state index contributed by atoms with van der Waals surface area (Å²) in [5, 5.41) is 40.8. The third-order valence-electron chi connectivity index (χ3n) is 6.09. The van der Waals surface area contributed by atoms with Crippen LogP contribution in [0.4, 0.5) is 8.78 Å². The average Bonchev–Trinajstić information content (AvgIpc) is 3.25. The Morgan fingerprint density at radius 2 is 1.78 bits per heavy atom. The number of fused-ring (bicyclic) bond motifs is 1. The largest absolute Gasteiger partial charge is 0.491 e. The highest BCUT2D eigenvalue weighted by Gasteiger charge is 2.45. The lowest BCUT2D eigenvalue weighted by molar-refractivity contribution is -0.231. The van der Waals surface area contributed by atoms with Crippen LogP contribution in [0.3, 0.4) is 0 Å². The van der Waals surface area contributed by atoms with E-state index in [0.29, 0.717) is 41.3 Å². The summed E-state index contributed by atoms with van der Waals surface area (Å²) >= 11 is 6.59. The van der Waals surface area contributed by atoms with E-state index in [1.54, 1.807) is 18.2 Å². The van der Waals surface area contributed by atoms with E-state index in [0.717, 1.165) is 18.1 Å². The third-order valence-corrected chi connectivity index (χ3v) is 6.50. The zero-order chi connectivity index (χ0) is 23.2. The van der Waals surface area contributed by atoms with Gasteiger partial charge in [-0.3, -0.25) is 0 Å². The van der Waals surface area contributed by atoms with Crippen LogP contribution < -0.4 is 4.74 Å². The number of hydrogen-bond donors (Lipinski definition) is 4. The lowest BCUT2D eigenvalue weighted by atomic mass is 9.87. The first-order valence-electron chi connectivity index (χ1n) is 10.4. The van der Waals surface area contributed by atoms with Crippen molar-refractivity contribution in [1.82, 2.24) is 0 Å². The summed E-state index contributed by atoms with van der Waals surface area (Å²) in [7, 11) is 0. The van der Waals surface area contributed by atoms with Crippen molar-refractivity contribution < 1.29 is 38.7 Å². The smallest absolute Gasteiger partial charge is 0.270 e. The Morgan fingerprint density at radius 3 is 2.41 bits per heavy atom. The van der Waals surface area contributed by atoms with E-state index in [1.165, 1.54) is 12.1 Å². The second kappa shape index (κ2) is 8.85. The molecule has 2 heterocycles. The highest BCUT2D eigenvalue weighted by molar-refractivity contribution is 6.33. The van der Waals surface area contributed by atoms with E-state index in [9.17, 15) is 29.2 Å². The highest BCUT2D eigenvalue weighted by atomic mass is 35.5. The zero-order valence-corrected chi connectivity index (χ0v) is 18.1. The first-order valence-corrected chi connectivity index (χ1v) is 10.7. The Hall–Kier alpha value is -1.81. The van der Waals surface area contributed by atoms with Crippen LogP contribution in [0.15, 0.2) is 30.3 Å². The Labute approximate surface area is 189 Å². The van der Waals surface area contributed by atoms with E-state index in [-0.39, 0.29) is 5.56 Å². The van der Waals surface area contributed by atoms with Gasteiger partial charge in [0.1, 0.15) is 36.3 Å². The molecule has 32 heavy (non-hydrogen) atoms. The molecule has 2 aromatic carbocycles. The van der Waals surface area contributed by atoms with Gasteiger partial charge in [0.05, 0.1) is 18.2 Å². The topological polar surface area (TPSA) is 99.4 Å². The molecule has 0 amide bonds. The van der Waals surface area contributed by atoms with Gasteiger partial charge in [-0.05, 0) is 23.1 Å². The Balaban J connectivity index is 1.71. The van der Waals surface area contributed by atoms with Gasteiger partial charge in [0.25, 0.3) is 5.92 Å². The van der Waals surface area contributed by atoms with E-state index < -0.39 is 43.0 Å². The van der Waals surface area contributed by atoms with Crippen molar-refractivity contribution in [3.05, 3.63) is 63.2 Å². The molecule has 2 unspecified atom stereocenters. The normalized spacial score (nSPS) is 27.8. The summed E-state index contributed by atoms with van der Waals surface area (Å²) in [5.74, 6) is -2.48. The van der Waals surface area contributed by atoms with Crippen LogP contribution in [0.25, 0.3) is 0 Å². The van der Waals surface area contributed by atoms with Crippen molar-refractivity contribution in [2.75, 3.05) is 13.2 Å². The highest BCUT2D eigenvalue weighted by Crippen LogP contribution is 2.44. The minimum Gasteiger partial charge on any atom is -0.491 e. The van der Waals surface area contributed by atoms with Gasteiger partial charge in [-0.2, -0.15) is 0 Å². The lowest BCUT2D eigenvalue weighted by Crippen LogP contribution is -2.55. The van der Waals surface area contributed by atoms with Crippen LogP contribution in [-0.4, -0.2) is 58.1 Å². The molecule has 2 aliphatic heterocycles. The zero-order valence-electron chi connectivity index (χ0n) is 17.3. The predicted molar refractivity (Wildman–Crippen MR) is 112 cm³/mol. The van der Waals surface area contributed by atoms with Gasteiger partial charge in [-0.1, -0.05) is 41.9 Å².